The minimum Gasteiger partial charge on any atom is -0.349 e. The summed E-state index contributed by atoms with van der Waals surface area (Å²) in [6.07, 6.45) is 2.80. The molecule has 36 heavy (non-hydrogen) atoms. The topological polar surface area (TPSA) is 108 Å². The molecule has 1 amide bonds. The molecule has 2 fully saturated rings. The molecule has 0 radical (unpaired) electrons. The van der Waals surface area contributed by atoms with Gasteiger partial charge in [-0.1, -0.05) is 6.07 Å². The Hall–Kier alpha value is -3.47. The van der Waals surface area contributed by atoms with Crippen molar-refractivity contribution >= 4 is 17.5 Å². The van der Waals surface area contributed by atoms with E-state index in [1.54, 1.807) is 12.3 Å². The molecule has 2 aromatic heterocycles. The number of rotatable bonds is 8. The molecule has 2 aliphatic carbocycles. The van der Waals surface area contributed by atoms with Crippen molar-refractivity contribution in [1.82, 2.24) is 30.8 Å². The SMILES string of the molecule is O=C(NC1CCC(NCc2nccc(Nc3cc(C4CC4)[nH]n3)n2)CC1)c1cccc(C(F)(F)F)c1. The smallest absolute Gasteiger partial charge is 0.349 e. The van der Waals surface area contributed by atoms with E-state index in [-0.39, 0.29) is 17.6 Å². The molecule has 2 heterocycles. The lowest BCUT2D eigenvalue weighted by Gasteiger charge is -2.29. The summed E-state index contributed by atoms with van der Waals surface area (Å²) in [5, 5.41) is 16.9. The number of carbonyl (C=O) groups is 1. The van der Waals surface area contributed by atoms with Crippen molar-refractivity contribution in [2.45, 2.75) is 69.2 Å². The summed E-state index contributed by atoms with van der Waals surface area (Å²) in [4.78, 5) is 21.4. The van der Waals surface area contributed by atoms with Gasteiger partial charge in [-0.05, 0) is 62.8 Å². The third kappa shape index (κ3) is 6.20. The fraction of sp³-hybridized carbons (Fsp3) is 0.440. The molecule has 8 nitrogen and oxygen atoms in total. The van der Waals surface area contributed by atoms with Crippen LogP contribution < -0.4 is 16.0 Å². The fourth-order valence-electron chi connectivity index (χ4n) is 4.47. The molecule has 190 valence electrons. The first-order valence-corrected chi connectivity index (χ1v) is 12.2. The van der Waals surface area contributed by atoms with Crippen LogP contribution in [0.4, 0.5) is 24.8 Å². The van der Waals surface area contributed by atoms with Crippen molar-refractivity contribution in [2.75, 3.05) is 5.32 Å². The van der Waals surface area contributed by atoms with Gasteiger partial charge in [0.25, 0.3) is 5.91 Å². The number of aromatic amines is 1. The summed E-state index contributed by atoms with van der Waals surface area (Å²) in [7, 11) is 0. The van der Waals surface area contributed by atoms with E-state index in [4.69, 9.17) is 0 Å². The minimum absolute atomic E-state index is 0.0225. The molecule has 0 saturated heterocycles. The molecular weight excluding hydrogens is 471 g/mol. The number of H-pyrrole nitrogens is 1. The zero-order valence-corrected chi connectivity index (χ0v) is 19.6. The van der Waals surface area contributed by atoms with E-state index in [0.717, 1.165) is 49.3 Å². The number of amides is 1. The van der Waals surface area contributed by atoms with Crippen LogP contribution in [0.5, 0.6) is 0 Å². The Bertz CT molecular complexity index is 1200. The van der Waals surface area contributed by atoms with Crippen LogP contribution in [0.25, 0.3) is 0 Å². The first-order valence-electron chi connectivity index (χ1n) is 12.2. The molecule has 2 aliphatic rings. The van der Waals surface area contributed by atoms with E-state index in [1.165, 1.54) is 25.0 Å². The second-order valence-corrected chi connectivity index (χ2v) is 9.45. The molecular formula is C25H28F3N7O. The first-order chi connectivity index (χ1) is 17.3. The number of alkyl halides is 3. The fourth-order valence-corrected chi connectivity index (χ4v) is 4.47. The molecule has 0 bridgehead atoms. The summed E-state index contributed by atoms with van der Waals surface area (Å²) in [6, 6.07) is 8.51. The maximum absolute atomic E-state index is 12.9. The van der Waals surface area contributed by atoms with Crippen molar-refractivity contribution < 1.29 is 18.0 Å². The standard InChI is InChI=1S/C25H28F3N7O/c26-25(27,28)17-3-1-2-16(12-17)24(36)31-19-8-6-18(7-9-19)30-14-23-29-11-10-21(33-23)32-22-13-20(34-35-22)15-4-5-15/h1-3,10-13,15,18-19,30H,4-9,14H2,(H,31,36)(H2,29,32,33,34,35). The molecule has 2 saturated carbocycles. The van der Waals surface area contributed by atoms with Gasteiger partial charge in [0.15, 0.2) is 5.82 Å². The molecule has 3 aromatic rings. The highest BCUT2D eigenvalue weighted by molar-refractivity contribution is 5.94. The lowest BCUT2D eigenvalue weighted by atomic mass is 9.91. The van der Waals surface area contributed by atoms with Crippen LogP contribution in [-0.2, 0) is 12.7 Å². The molecule has 11 heteroatoms. The average Bonchev–Trinajstić information content (AvgIpc) is 3.62. The summed E-state index contributed by atoms with van der Waals surface area (Å²) in [5.74, 6) is 2.20. The Morgan fingerprint density at radius 1 is 1.00 bits per heavy atom. The van der Waals surface area contributed by atoms with Gasteiger partial charge in [0, 0.05) is 41.5 Å². The van der Waals surface area contributed by atoms with Gasteiger partial charge in [-0.2, -0.15) is 18.3 Å². The van der Waals surface area contributed by atoms with E-state index < -0.39 is 17.6 Å². The Balaban J connectivity index is 1.07. The van der Waals surface area contributed by atoms with Crippen LogP contribution in [-0.4, -0.2) is 38.2 Å². The maximum atomic E-state index is 12.9. The lowest BCUT2D eigenvalue weighted by molar-refractivity contribution is -0.137. The van der Waals surface area contributed by atoms with E-state index in [2.05, 4.69) is 36.1 Å². The third-order valence-electron chi connectivity index (χ3n) is 6.64. The van der Waals surface area contributed by atoms with Crippen LogP contribution in [0, 0.1) is 0 Å². The van der Waals surface area contributed by atoms with Crippen LogP contribution in [0.15, 0.2) is 42.6 Å². The van der Waals surface area contributed by atoms with Crippen molar-refractivity contribution in [3.05, 3.63) is 65.2 Å². The predicted octanol–water partition coefficient (Wildman–Crippen LogP) is 4.67. The summed E-state index contributed by atoms with van der Waals surface area (Å²) < 4.78 is 38.8. The van der Waals surface area contributed by atoms with Crippen LogP contribution in [0.1, 0.15) is 71.9 Å². The molecule has 0 spiro atoms. The highest BCUT2D eigenvalue weighted by Crippen LogP contribution is 2.39. The number of aromatic nitrogens is 4. The number of benzene rings is 1. The quantitative estimate of drug-likeness (QED) is 0.359. The number of hydrogen-bond acceptors (Lipinski definition) is 6. The van der Waals surface area contributed by atoms with Crippen molar-refractivity contribution in [3.8, 4) is 0 Å². The van der Waals surface area contributed by atoms with Gasteiger partial charge in [0.2, 0.25) is 0 Å². The zero-order chi connectivity index (χ0) is 25.1. The highest BCUT2D eigenvalue weighted by atomic mass is 19.4. The third-order valence-corrected chi connectivity index (χ3v) is 6.64. The van der Waals surface area contributed by atoms with E-state index in [0.29, 0.717) is 24.1 Å². The Labute approximate surface area is 206 Å². The molecule has 0 aliphatic heterocycles. The van der Waals surface area contributed by atoms with Crippen molar-refractivity contribution in [3.63, 3.8) is 0 Å². The second kappa shape index (κ2) is 10.3. The molecule has 1 aromatic carbocycles. The van der Waals surface area contributed by atoms with Crippen molar-refractivity contribution in [1.29, 1.82) is 0 Å². The maximum Gasteiger partial charge on any atom is 0.416 e. The Morgan fingerprint density at radius 2 is 1.78 bits per heavy atom. The normalized spacial score (nSPS) is 20.2. The second-order valence-electron chi connectivity index (χ2n) is 9.45. The largest absolute Gasteiger partial charge is 0.416 e. The van der Waals surface area contributed by atoms with Crippen LogP contribution >= 0.6 is 0 Å². The number of carbonyl (C=O) groups excluding carboxylic acids is 1. The van der Waals surface area contributed by atoms with Gasteiger partial charge in [0.1, 0.15) is 11.6 Å². The molecule has 0 atom stereocenters. The zero-order valence-electron chi connectivity index (χ0n) is 19.6. The van der Waals surface area contributed by atoms with Gasteiger partial charge in [-0.3, -0.25) is 9.89 Å². The summed E-state index contributed by atoms with van der Waals surface area (Å²) in [5.41, 5.74) is 0.348. The average molecular weight is 500 g/mol. The monoisotopic (exact) mass is 499 g/mol. The van der Waals surface area contributed by atoms with Gasteiger partial charge in [-0.25, -0.2) is 9.97 Å². The van der Waals surface area contributed by atoms with Gasteiger partial charge in [0.05, 0.1) is 12.1 Å². The number of halogens is 3. The summed E-state index contributed by atoms with van der Waals surface area (Å²) in [6.45, 7) is 0.509. The van der Waals surface area contributed by atoms with Crippen LogP contribution in [0.2, 0.25) is 0 Å². The predicted molar refractivity (Wildman–Crippen MR) is 128 cm³/mol. The minimum atomic E-state index is -4.47. The van der Waals surface area contributed by atoms with E-state index >= 15 is 0 Å². The number of nitrogens with one attached hydrogen (secondary N) is 4. The van der Waals surface area contributed by atoms with Crippen LogP contribution in [0.3, 0.4) is 0 Å². The van der Waals surface area contributed by atoms with Crippen molar-refractivity contribution in [2.24, 2.45) is 0 Å². The lowest BCUT2D eigenvalue weighted by Crippen LogP contribution is -2.42. The summed E-state index contributed by atoms with van der Waals surface area (Å²) >= 11 is 0. The van der Waals surface area contributed by atoms with E-state index in [1.807, 2.05) is 6.07 Å². The highest BCUT2D eigenvalue weighted by Gasteiger charge is 2.31. The van der Waals surface area contributed by atoms with Gasteiger partial charge < -0.3 is 16.0 Å². The number of anilines is 2. The number of nitrogens with zero attached hydrogens (tertiary/aromatic N) is 3. The first kappa shape index (κ1) is 24.2. The van der Waals surface area contributed by atoms with Gasteiger partial charge in [-0.15, -0.1) is 0 Å². The molecule has 0 unspecified atom stereocenters. The Kier molecular flexibility index (Phi) is 6.90. The van der Waals surface area contributed by atoms with E-state index in [9.17, 15) is 18.0 Å². The molecule has 5 rings (SSSR count). The van der Waals surface area contributed by atoms with Gasteiger partial charge >= 0.3 is 6.18 Å². The molecule has 4 N–H and O–H groups in total. The Morgan fingerprint density at radius 3 is 2.53 bits per heavy atom. The number of hydrogen-bond donors (Lipinski definition) is 4.